The molecule has 18 heavy (non-hydrogen) atoms. The van der Waals surface area contributed by atoms with Crippen molar-refractivity contribution in [2.24, 2.45) is 5.73 Å². The van der Waals surface area contributed by atoms with Crippen molar-refractivity contribution in [3.8, 4) is 0 Å². The molecule has 2 rings (SSSR count). The fraction of sp³-hybridized carbons (Fsp3) is 0.571. The van der Waals surface area contributed by atoms with Gasteiger partial charge in [0, 0.05) is 38.5 Å². The highest BCUT2D eigenvalue weighted by molar-refractivity contribution is 5.58. The molecule has 1 aromatic rings. The number of aliphatic hydroxyl groups is 1. The number of likely N-dealkylation sites (N-methyl/N-ethyl adjacent to an activating group) is 1. The Morgan fingerprint density at radius 2 is 2.33 bits per heavy atom. The number of nitrogens with two attached hydrogens (primary N) is 1. The molecule has 1 aromatic carbocycles. The molecule has 4 nitrogen and oxygen atoms in total. The van der Waals surface area contributed by atoms with Crippen molar-refractivity contribution in [3.05, 3.63) is 29.3 Å². The molecule has 0 aliphatic carbocycles. The van der Waals surface area contributed by atoms with Crippen LogP contribution in [0.15, 0.2) is 18.2 Å². The van der Waals surface area contributed by atoms with Gasteiger partial charge in [0.15, 0.2) is 0 Å². The third-order valence-corrected chi connectivity index (χ3v) is 3.60. The molecule has 1 aliphatic rings. The van der Waals surface area contributed by atoms with E-state index in [0.717, 1.165) is 25.9 Å². The molecule has 1 aliphatic heterocycles. The van der Waals surface area contributed by atoms with Crippen LogP contribution in [0.4, 0.5) is 5.69 Å². The minimum absolute atomic E-state index is 0.188. The predicted molar refractivity (Wildman–Crippen MR) is 74.9 cm³/mol. The van der Waals surface area contributed by atoms with Gasteiger partial charge in [-0.25, -0.2) is 0 Å². The van der Waals surface area contributed by atoms with E-state index in [0.29, 0.717) is 6.54 Å². The quantitative estimate of drug-likeness (QED) is 0.648. The third kappa shape index (κ3) is 2.83. The van der Waals surface area contributed by atoms with Crippen molar-refractivity contribution in [2.45, 2.75) is 18.9 Å². The maximum atomic E-state index is 8.80. The van der Waals surface area contributed by atoms with E-state index in [2.05, 4.69) is 35.5 Å². The average Bonchev–Trinajstić information content (AvgIpc) is 2.76. The van der Waals surface area contributed by atoms with Crippen LogP contribution in [0.5, 0.6) is 0 Å². The number of benzene rings is 1. The lowest BCUT2D eigenvalue weighted by atomic mass is 10.0. The number of anilines is 1. The van der Waals surface area contributed by atoms with Gasteiger partial charge in [0.25, 0.3) is 0 Å². The smallest absolute Gasteiger partial charge is 0.0444 e. The van der Waals surface area contributed by atoms with Gasteiger partial charge in [-0.05, 0) is 36.6 Å². The summed E-state index contributed by atoms with van der Waals surface area (Å²) in [4.78, 5) is 2.29. The van der Waals surface area contributed by atoms with Crippen molar-refractivity contribution in [1.29, 1.82) is 0 Å². The fourth-order valence-corrected chi connectivity index (χ4v) is 2.50. The Balaban J connectivity index is 2.07. The van der Waals surface area contributed by atoms with Crippen LogP contribution in [0.2, 0.25) is 0 Å². The van der Waals surface area contributed by atoms with Crippen LogP contribution in [0.25, 0.3) is 0 Å². The highest BCUT2D eigenvalue weighted by atomic mass is 16.3. The lowest BCUT2D eigenvalue weighted by Gasteiger charge is -2.19. The van der Waals surface area contributed by atoms with Crippen LogP contribution in [-0.2, 0) is 6.42 Å². The molecule has 0 saturated heterocycles. The molecule has 0 fully saturated rings. The molecule has 4 N–H and O–H groups in total. The van der Waals surface area contributed by atoms with Gasteiger partial charge in [-0.2, -0.15) is 0 Å². The molecule has 0 saturated carbocycles. The Hall–Kier alpha value is -1.10. The Kier molecular flexibility index (Phi) is 4.58. The summed E-state index contributed by atoms with van der Waals surface area (Å²) in [7, 11) is 2.13. The highest BCUT2D eigenvalue weighted by Crippen LogP contribution is 2.29. The summed E-state index contributed by atoms with van der Waals surface area (Å²) in [5, 5.41) is 12.2. The summed E-state index contributed by atoms with van der Waals surface area (Å²) >= 11 is 0. The van der Waals surface area contributed by atoms with Crippen molar-refractivity contribution < 1.29 is 5.11 Å². The number of hydrogen-bond donors (Lipinski definition) is 3. The Morgan fingerprint density at radius 3 is 3.06 bits per heavy atom. The van der Waals surface area contributed by atoms with E-state index in [1.807, 2.05) is 0 Å². The first-order chi connectivity index (χ1) is 8.76. The van der Waals surface area contributed by atoms with Crippen molar-refractivity contribution in [1.82, 2.24) is 5.32 Å². The molecule has 0 bridgehead atoms. The summed E-state index contributed by atoms with van der Waals surface area (Å²) in [6, 6.07) is 6.80. The number of rotatable bonds is 6. The van der Waals surface area contributed by atoms with Gasteiger partial charge in [0.1, 0.15) is 0 Å². The van der Waals surface area contributed by atoms with E-state index in [4.69, 9.17) is 10.8 Å². The first-order valence-corrected chi connectivity index (χ1v) is 6.64. The van der Waals surface area contributed by atoms with E-state index < -0.39 is 0 Å². The number of aliphatic hydroxyl groups excluding tert-OH is 1. The predicted octanol–water partition coefficient (Wildman–Crippen LogP) is 0.651. The van der Waals surface area contributed by atoms with Gasteiger partial charge in [-0.3, -0.25) is 0 Å². The normalized spacial score (nSPS) is 15.8. The van der Waals surface area contributed by atoms with Gasteiger partial charge in [-0.15, -0.1) is 0 Å². The molecule has 0 amide bonds. The number of hydrogen-bond acceptors (Lipinski definition) is 4. The summed E-state index contributed by atoms with van der Waals surface area (Å²) in [6.45, 7) is 2.71. The SMILES string of the molecule is CN1CCc2cc(C(CN)NCCCO)ccc21. The number of fused-ring (bicyclic) bond motifs is 1. The summed E-state index contributed by atoms with van der Waals surface area (Å²) in [5.41, 5.74) is 9.83. The standard InChI is InChI=1S/C14H23N3O/c1-17-7-5-12-9-11(3-4-14(12)17)13(10-15)16-6-2-8-18/h3-4,9,13,16,18H,2,5-8,10,15H2,1H3. The van der Waals surface area contributed by atoms with Crippen LogP contribution < -0.4 is 16.0 Å². The third-order valence-electron chi connectivity index (χ3n) is 3.60. The van der Waals surface area contributed by atoms with Crippen LogP contribution in [0.3, 0.4) is 0 Å². The lowest BCUT2D eigenvalue weighted by molar-refractivity contribution is 0.283. The molecule has 1 atom stereocenters. The van der Waals surface area contributed by atoms with Crippen LogP contribution in [0, 0.1) is 0 Å². The van der Waals surface area contributed by atoms with E-state index in [1.54, 1.807) is 0 Å². The molecule has 0 radical (unpaired) electrons. The molecule has 1 heterocycles. The Bertz CT molecular complexity index is 395. The van der Waals surface area contributed by atoms with E-state index >= 15 is 0 Å². The second kappa shape index (κ2) is 6.18. The lowest BCUT2D eigenvalue weighted by Crippen LogP contribution is -2.29. The maximum Gasteiger partial charge on any atom is 0.0444 e. The first kappa shape index (κ1) is 13.3. The minimum atomic E-state index is 0.188. The van der Waals surface area contributed by atoms with Crippen LogP contribution in [-0.4, -0.2) is 38.4 Å². The fourth-order valence-electron chi connectivity index (χ4n) is 2.50. The summed E-state index contributed by atoms with van der Waals surface area (Å²) in [5.74, 6) is 0. The van der Waals surface area contributed by atoms with Crippen molar-refractivity contribution in [3.63, 3.8) is 0 Å². The largest absolute Gasteiger partial charge is 0.396 e. The zero-order valence-corrected chi connectivity index (χ0v) is 11.0. The molecule has 0 aromatic heterocycles. The van der Waals surface area contributed by atoms with Gasteiger partial charge >= 0.3 is 0 Å². The Morgan fingerprint density at radius 1 is 1.50 bits per heavy atom. The van der Waals surface area contributed by atoms with Crippen LogP contribution >= 0.6 is 0 Å². The molecule has 1 unspecified atom stereocenters. The summed E-state index contributed by atoms with van der Waals surface area (Å²) in [6.07, 6.45) is 1.89. The maximum absolute atomic E-state index is 8.80. The zero-order chi connectivity index (χ0) is 13.0. The van der Waals surface area contributed by atoms with E-state index in [-0.39, 0.29) is 12.6 Å². The van der Waals surface area contributed by atoms with Crippen LogP contribution in [0.1, 0.15) is 23.6 Å². The van der Waals surface area contributed by atoms with E-state index in [1.165, 1.54) is 16.8 Å². The highest BCUT2D eigenvalue weighted by Gasteiger charge is 2.17. The number of nitrogens with one attached hydrogen (secondary N) is 1. The summed E-state index contributed by atoms with van der Waals surface area (Å²) < 4.78 is 0. The first-order valence-electron chi connectivity index (χ1n) is 6.64. The molecular formula is C14H23N3O. The van der Waals surface area contributed by atoms with Gasteiger partial charge in [-0.1, -0.05) is 12.1 Å². The van der Waals surface area contributed by atoms with Gasteiger partial charge in [0.2, 0.25) is 0 Å². The number of nitrogens with zero attached hydrogens (tertiary/aromatic N) is 1. The Labute approximate surface area is 109 Å². The second-order valence-electron chi connectivity index (χ2n) is 4.88. The molecule has 100 valence electrons. The topological polar surface area (TPSA) is 61.5 Å². The van der Waals surface area contributed by atoms with E-state index in [9.17, 15) is 0 Å². The minimum Gasteiger partial charge on any atom is -0.396 e. The monoisotopic (exact) mass is 249 g/mol. The zero-order valence-electron chi connectivity index (χ0n) is 11.0. The van der Waals surface area contributed by atoms with Crippen molar-refractivity contribution >= 4 is 5.69 Å². The second-order valence-corrected chi connectivity index (χ2v) is 4.88. The molecule has 0 spiro atoms. The van der Waals surface area contributed by atoms with Crippen molar-refractivity contribution in [2.75, 3.05) is 38.2 Å². The average molecular weight is 249 g/mol. The van der Waals surface area contributed by atoms with Gasteiger partial charge in [0.05, 0.1) is 0 Å². The molecular weight excluding hydrogens is 226 g/mol. The molecule has 4 heteroatoms. The van der Waals surface area contributed by atoms with Gasteiger partial charge < -0.3 is 21.1 Å².